The Balaban J connectivity index is 3.65. The van der Waals surface area contributed by atoms with E-state index in [2.05, 4.69) is 6.92 Å². The largest absolute Gasteiger partial charge is 0.544 e. The van der Waals surface area contributed by atoms with Crippen LogP contribution in [0.1, 0.15) is 85.0 Å². The minimum absolute atomic E-state index is 0.431. The van der Waals surface area contributed by atoms with E-state index in [1.165, 1.54) is 58.8 Å². The van der Waals surface area contributed by atoms with E-state index in [9.17, 15) is 9.90 Å². The van der Waals surface area contributed by atoms with Gasteiger partial charge in [-0.05, 0) is 26.7 Å². The van der Waals surface area contributed by atoms with Gasteiger partial charge in [0.05, 0.1) is 0 Å². The minimum Gasteiger partial charge on any atom is -0.544 e. The van der Waals surface area contributed by atoms with Gasteiger partial charge in [0, 0.05) is 0 Å². The van der Waals surface area contributed by atoms with Crippen molar-refractivity contribution in [1.82, 2.24) is 0 Å². The van der Waals surface area contributed by atoms with Crippen molar-refractivity contribution < 1.29 is 13.4 Å². The molecule has 0 unspecified atom stereocenters. The molecule has 5 heteroatoms. The second-order valence-corrected chi connectivity index (χ2v) is 7.71. The van der Waals surface area contributed by atoms with Crippen LogP contribution in [0.25, 0.3) is 0 Å². The molecule has 0 aliphatic rings. The van der Waals surface area contributed by atoms with E-state index >= 15 is 0 Å². The van der Waals surface area contributed by atoms with E-state index in [0.29, 0.717) is 6.54 Å². The fraction of sp³-hybridized carbons (Fsp3) is 0.938. The molecule has 0 aliphatic carbocycles. The lowest BCUT2D eigenvalue weighted by Crippen LogP contribution is -2.59. The van der Waals surface area contributed by atoms with Gasteiger partial charge < -0.3 is 9.90 Å². The third-order valence-corrected chi connectivity index (χ3v) is 5.29. The van der Waals surface area contributed by atoms with Crippen LogP contribution >= 0.6 is 23.6 Å². The van der Waals surface area contributed by atoms with E-state index in [4.69, 9.17) is 23.6 Å². The van der Waals surface area contributed by atoms with Crippen LogP contribution in [-0.4, -0.2) is 21.6 Å². The average Bonchev–Trinajstić information content (AvgIpc) is 2.40. The van der Waals surface area contributed by atoms with Crippen molar-refractivity contribution in [1.29, 1.82) is 0 Å². The molecule has 126 valence electrons. The third kappa shape index (κ3) is 8.27. The highest BCUT2D eigenvalue weighted by Gasteiger charge is 2.44. The SMILES string of the molecule is CCCCCCCCCCCC[N+](Cl)(Cl)C(C)(C)C(=O)[O-]. The van der Waals surface area contributed by atoms with Crippen molar-refractivity contribution in [2.45, 2.75) is 90.5 Å². The molecule has 0 atom stereocenters. The zero-order valence-corrected chi connectivity index (χ0v) is 15.3. The number of aliphatic carboxylic acids is 1. The molecule has 0 fully saturated rings. The molecule has 0 heterocycles. The van der Waals surface area contributed by atoms with Crippen LogP contribution in [-0.2, 0) is 4.79 Å². The quantitative estimate of drug-likeness (QED) is 0.364. The van der Waals surface area contributed by atoms with E-state index in [-0.39, 0.29) is 0 Å². The second-order valence-electron chi connectivity index (χ2n) is 6.38. The highest BCUT2D eigenvalue weighted by Crippen LogP contribution is 2.32. The van der Waals surface area contributed by atoms with Gasteiger partial charge >= 0.3 is 0 Å². The van der Waals surface area contributed by atoms with Gasteiger partial charge in [-0.1, -0.05) is 58.3 Å². The van der Waals surface area contributed by atoms with Gasteiger partial charge in [0.25, 0.3) is 0 Å². The Morgan fingerprint density at radius 1 is 0.905 bits per heavy atom. The first-order chi connectivity index (χ1) is 9.75. The maximum absolute atomic E-state index is 11.1. The van der Waals surface area contributed by atoms with E-state index in [1.54, 1.807) is 0 Å². The summed E-state index contributed by atoms with van der Waals surface area (Å²) in [5, 5.41) is 11.1. The fourth-order valence-electron chi connectivity index (χ4n) is 2.21. The maximum atomic E-state index is 11.1. The number of quaternary nitrogens is 1. The first kappa shape index (κ1) is 21.0. The lowest BCUT2D eigenvalue weighted by molar-refractivity contribution is -0.745. The number of hydrogen-bond donors (Lipinski definition) is 0. The summed E-state index contributed by atoms with van der Waals surface area (Å²) in [6.45, 7) is 5.66. The normalized spacial score (nSPS) is 12.6. The van der Waals surface area contributed by atoms with Crippen LogP contribution in [0.2, 0.25) is 0 Å². The van der Waals surface area contributed by atoms with Crippen molar-refractivity contribution in [2.24, 2.45) is 0 Å². The predicted molar refractivity (Wildman–Crippen MR) is 87.8 cm³/mol. The standard InChI is InChI=1S/C16H31Cl2NO2/c1-4-5-6-7-8-9-10-11-12-13-14-19(17,18)16(2,3)15(20)21/h4-14H2,1-3H3. The Bertz CT molecular complexity index is 294. The van der Waals surface area contributed by atoms with Crippen molar-refractivity contribution >= 4 is 29.5 Å². The number of rotatable bonds is 13. The minimum atomic E-state index is -1.29. The van der Waals surface area contributed by atoms with Gasteiger partial charge in [-0.2, -0.15) is 0 Å². The monoisotopic (exact) mass is 339 g/mol. The third-order valence-electron chi connectivity index (χ3n) is 4.11. The van der Waals surface area contributed by atoms with E-state index in [1.807, 2.05) is 0 Å². The molecule has 21 heavy (non-hydrogen) atoms. The second kappa shape index (κ2) is 10.7. The van der Waals surface area contributed by atoms with E-state index in [0.717, 1.165) is 19.3 Å². The lowest BCUT2D eigenvalue weighted by Gasteiger charge is -2.36. The molecule has 0 spiro atoms. The molecular formula is C16H31Cl2NO2. The molecule has 0 amide bonds. The Morgan fingerprint density at radius 2 is 1.29 bits per heavy atom. The fourth-order valence-corrected chi connectivity index (χ4v) is 2.59. The molecule has 0 N–H and O–H groups in total. The van der Waals surface area contributed by atoms with Gasteiger partial charge in [-0.3, -0.25) is 0 Å². The molecule has 0 bridgehead atoms. The number of unbranched alkanes of at least 4 members (excludes halogenated alkanes) is 9. The number of carbonyl (C=O) groups excluding carboxylic acids is 1. The topological polar surface area (TPSA) is 40.1 Å². The zero-order chi connectivity index (χ0) is 16.4. The summed E-state index contributed by atoms with van der Waals surface area (Å²) in [6, 6.07) is 0. The van der Waals surface area contributed by atoms with Crippen LogP contribution in [0.5, 0.6) is 0 Å². The van der Waals surface area contributed by atoms with Crippen LogP contribution in [0, 0.1) is 0 Å². The summed E-state index contributed by atoms with van der Waals surface area (Å²) < 4.78 is -0.563. The number of carboxylic acid groups (broad SMARTS) is 1. The summed E-state index contributed by atoms with van der Waals surface area (Å²) in [4.78, 5) is 11.1. The van der Waals surface area contributed by atoms with E-state index < -0.39 is 15.0 Å². The van der Waals surface area contributed by atoms with Gasteiger partial charge in [0.1, 0.15) is 12.5 Å². The highest BCUT2D eigenvalue weighted by atomic mass is 35.5. The smallest absolute Gasteiger partial charge is 0.187 e. The Morgan fingerprint density at radius 3 is 1.67 bits per heavy atom. The number of carboxylic acids is 1. The molecule has 0 radical (unpaired) electrons. The van der Waals surface area contributed by atoms with Crippen LogP contribution in [0.3, 0.4) is 0 Å². The highest BCUT2D eigenvalue weighted by molar-refractivity contribution is 6.24. The number of hydrogen-bond acceptors (Lipinski definition) is 2. The molecule has 0 rings (SSSR count). The molecule has 0 aliphatic heterocycles. The zero-order valence-electron chi connectivity index (χ0n) is 13.8. The van der Waals surface area contributed by atoms with Gasteiger partial charge in [-0.25, -0.2) is 0 Å². The van der Waals surface area contributed by atoms with Crippen molar-refractivity contribution in [3.8, 4) is 0 Å². The van der Waals surface area contributed by atoms with Crippen LogP contribution in [0.4, 0.5) is 0 Å². The molecule has 0 saturated carbocycles. The van der Waals surface area contributed by atoms with Crippen LogP contribution in [0.15, 0.2) is 0 Å². The first-order valence-corrected chi connectivity index (χ1v) is 8.92. The number of carbonyl (C=O) groups is 1. The van der Waals surface area contributed by atoms with Gasteiger partial charge in [0.2, 0.25) is 0 Å². The maximum Gasteiger partial charge on any atom is 0.187 e. The first-order valence-electron chi connectivity index (χ1n) is 8.24. The molecule has 0 saturated heterocycles. The van der Waals surface area contributed by atoms with Crippen molar-refractivity contribution in [3.63, 3.8) is 0 Å². The van der Waals surface area contributed by atoms with Crippen molar-refractivity contribution in [2.75, 3.05) is 6.54 Å². The van der Waals surface area contributed by atoms with Gasteiger partial charge in [-0.15, -0.1) is 3.52 Å². The number of halogens is 2. The molecule has 3 nitrogen and oxygen atoms in total. The van der Waals surface area contributed by atoms with Gasteiger partial charge in [0.15, 0.2) is 29.1 Å². The molecular weight excluding hydrogens is 309 g/mol. The molecule has 0 aromatic rings. The predicted octanol–water partition coefficient (Wildman–Crippen LogP) is 4.56. The molecule has 0 aromatic carbocycles. The lowest BCUT2D eigenvalue weighted by atomic mass is 10.0. The summed E-state index contributed by atoms with van der Waals surface area (Å²) in [7, 11) is 0. The number of nitrogens with zero attached hydrogens (tertiary/aromatic N) is 1. The Hall–Kier alpha value is 0.01000. The summed E-state index contributed by atoms with van der Waals surface area (Å²) in [6.07, 6.45) is 12.2. The average molecular weight is 340 g/mol. The van der Waals surface area contributed by atoms with Crippen molar-refractivity contribution in [3.05, 3.63) is 0 Å². The summed E-state index contributed by atoms with van der Waals surface area (Å²) in [5.41, 5.74) is -1.29. The Labute approximate surface area is 140 Å². The summed E-state index contributed by atoms with van der Waals surface area (Å²) >= 11 is 12.2. The molecule has 0 aromatic heterocycles. The summed E-state index contributed by atoms with van der Waals surface area (Å²) in [5.74, 6) is -1.22. The van der Waals surface area contributed by atoms with Crippen LogP contribution < -0.4 is 5.11 Å². The Kier molecular flexibility index (Phi) is 10.7.